The van der Waals surface area contributed by atoms with Crippen LogP contribution in [0.3, 0.4) is 0 Å². The fourth-order valence-electron chi connectivity index (χ4n) is 3.51. The Morgan fingerprint density at radius 2 is 1.89 bits per heavy atom. The summed E-state index contributed by atoms with van der Waals surface area (Å²) in [7, 11) is 1.63. The summed E-state index contributed by atoms with van der Waals surface area (Å²) in [6, 6.07) is 14.4. The van der Waals surface area contributed by atoms with Crippen LogP contribution < -0.4 is 10.2 Å². The summed E-state index contributed by atoms with van der Waals surface area (Å²) < 4.78 is 38.1. The third kappa shape index (κ3) is 7.45. The Kier molecular flexibility index (Phi) is 8.93. The van der Waals surface area contributed by atoms with Gasteiger partial charge in [-0.25, -0.2) is 0 Å². The molecule has 0 saturated carbocycles. The Morgan fingerprint density at radius 3 is 2.53 bits per heavy atom. The molecule has 0 aliphatic carbocycles. The summed E-state index contributed by atoms with van der Waals surface area (Å²) in [6.07, 6.45) is -0.246. The molecule has 3 aromatic rings. The minimum Gasteiger partial charge on any atom is -0.344 e. The van der Waals surface area contributed by atoms with Crippen LogP contribution in [0.15, 0.2) is 60.7 Å². The van der Waals surface area contributed by atoms with Gasteiger partial charge in [0.15, 0.2) is 5.69 Å². The minimum atomic E-state index is -4.49. The van der Waals surface area contributed by atoms with Crippen LogP contribution in [0.5, 0.6) is 0 Å². The molecule has 0 unspecified atom stereocenters. The Bertz CT molecular complexity index is 1220. The molecule has 6 nitrogen and oxygen atoms in total. The zero-order valence-electron chi connectivity index (χ0n) is 19.8. The number of nitrogens with one attached hydrogen (secondary N) is 2. The second-order valence-electron chi connectivity index (χ2n) is 8.18. The predicted molar refractivity (Wildman–Crippen MR) is 134 cm³/mol. The lowest BCUT2D eigenvalue weighted by atomic mass is 10.0. The number of nitrogens with zero attached hydrogens (tertiary/aromatic N) is 2. The summed E-state index contributed by atoms with van der Waals surface area (Å²) in [5, 5.41) is 9.02. The lowest BCUT2D eigenvalue weighted by molar-refractivity contribution is -0.141. The van der Waals surface area contributed by atoms with Gasteiger partial charge in [0, 0.05) is 42.7 Å². The highest BCUT2D eigenvalue weighted by molar-refractivity contribution is 6.30. The molecule has 1 atom stereocenters. The Hall–Kier alpha value is -3.59. The second kappa shape index (κ2) is 11.9. The molecule has 0 aliphatic rings. The van der Waals surface area contributed by atoms with Crippen LogP contribution in [0, 0.1) is 0 Å². The monoisotopic (exact) mass is 518 g/mol. The van der Waals surface area contributed by atoms with E-state index in [1.807, 2.05) is 24.3 Å². The lowest BCUT2D eigenvalue weighted by Gasteiger charge is -2.25. The number of likely N-dealkylation sites (N-methyl/N-ethyl adjacent to an activating group) is 1. The summed E-state index contributed by atoms with van der Waals surface area (Å²) in [4.78, 5) is 26.9. The van der Waals surface area contributed by atoms with Crippen molar-refractivity contribution in [2.24, 2.45) is 0 Å². The number of benzene rings is 2. The van der Waals surface area contributed by atoms with Crippen LogP contribution in [-0.2, 0) is 28.6 Å². The van der Waals surface area contributed by atoms with Gasteiger partial charge in [-0.05, 0) is 41.5 Å². The SMILES string of the molecule is CCC(=O)N[C@@H](Cc1cccc(/C=C/Cc2cc(C(F)(F)F)n[nH]2)c1)C(=O)N(C)c1ccc(Cl)cc1. The zero-order chi connectivity index (χ0) is 26.3. The van der Waals surface area contributed by atoms with Crippen molar-refractivity contribution < 1.29 is 22.8 Å². The number of aromatic amines is 1. The molecule has 2 aromatic carbocycles. The van der Waals surface area contributed by atoms with Gasteiger partial charge >= 0.3 is 6.18 Å². The van der Waals surface area contributed by atoms with E-state index in [-0.39, 0.29) is 31.1 Å². The molecule has 2 N–H and O–H groups in total. The first-order valence-corrected chi connectivity index (χ1v) is 11.6. The highest BCUT2D eigenvalue weighted by Gasteiger charge is 2.33. The summed E-state index contributed by atoms with van der Waals surface area (Å²) in [5.74, 6) is -0.522. The Morgan fingerprint density at radius 1 is 1.17 bits per heavy atom. The molecule has 36 heavy (non-hydrogen) atoms. The summed E-state index contributed by atoms with van der Waals surface area (Å²) >= 11 is 5.94. The van der Waals surface area contributed by atoms with Crippen LogP contribution in [0.1, 0.15) is 35.9 Å². The number of H-pyrrole nitrogens is 1. The van der Waals surface area contributed by atoms with E-state index in [0.29, 0.717) is 16.4 Å². The molecule has 0 fully saturated rings. The number of aromatic nitrogens is 2. The zero-order valence-corrected chi connectivity index (χ0v) is 20.5. The molecule has 2 amide bonds. The van der Waals surface area contributed by atoms with Crippen molar-refractivity contribution in [2.45, 2.75) is 38.4 Å². The third-order valence-corrected chi connectivity index (χ3v) is 5.71. The minimum absolute atomic E-state index is 0.237. The molecule has 1 heterocycles. The fourth-order valence-corrected chi connectivity index (χ4v) is 3.64. The molecule has 190 valence electrons. The van der Waals surface area contributed by atoms with E-state index < -0.39 is 17.9 Å². The van der Waals surface area contributed by atoms with Crippen molar-refractivity contribution in [3.05, 3.63) is 88.2 Å². The van der Waals surface area contributed by atoms with Crippen molar-refractivity contribution in [3.8, 4) is 0 Å². The average molecular weight is 519 g/mol. The van der Waals surface area contributed by atoms with E-state index in [4.69, 9.17) is 11.6 Å². The van der Waals surface area contributed by atoms with Crippen LogP contribution in [0.2, 0.25) is 5.02 Å². The Balaban J connectivity index is 1.72. The van der Waals surface area contributed by atoms with Gasteiger partial charge < -0.3 is 10.2 Å². The number of hydrogen-bond acceptors (Lipinski definition) is 3. The molecular weight excluding hydrogens is 493 g/mol. The van der Waals surface area contributed by atoms with E-state index in [2.05, 4.69) is 15.5 Å². The van der Waals surface area contributed by atoms with Gasteiger partial charge in [-0.15, -0.1) is 0 Å². The quantitative estimate of drug-likeness (QED) is 0.396. The topological polar surface area (TPSA) is 78.1 Å². The van der Waals surface area contributed by atoms with E-state index >= 15 is 0 Å². The van der Waals surface area contributed by atoms with E-state index in [9.17, 15) is 22.8 Å². The van der Waals surface area contributed by atoms with Crippen LogP contribution in [0.25, 0.3) is 6.08 Å². The Labute approximate surface area is 212 Å². The van der Waals surface area contributed by atoms with Crippen molar-refractivity contribution >= 4 is 35.2 Å². The predicted octanol–water partition coefficient (Wildman–Crippen LogP) is 5.44. The maximum atomic E-state index is 13.2. The van der Waals surface area contributed by atoms with Gasteiger partial charge in [0.25, 0.3) is 0 Å². The molecule has 1 aromatic heterocycles. The number of halogens is 4. The first-order chi connectivity index (χ1) is 17.1. The normalized spacial score (nSPS) is 12.5. The number of anilines is 1. The number of carbonyl (C=O) groups is 2. The van der Waals surface area contributed by atoms with Gasteiger partial charge in [0.2, 0.25) is 11.8 Å². The van der Waals surface area contributed by atoms with Crippen LogP contribution in [-0.4, -0.2) is 35.1 Å². The van der Waals surface area contributed by atoms with E-state index in [1.54, 1.807) is 50.4 Å². The van der Waals surface area contributed by atoms with Crippen molar-refractivity contribution in [1.29, 1.82) is 0 Å². The molecular formula is C26H26ClF3N4O2. The molecule has 0 aliphatic heterocycles. The van der Waals surface area contributed by atoms with Crippen molar-refractivity contribution in [3.63, 3.8) is 0 Å². The fraction of sp³-hybridized carbons (Fsp3) is 0.269. The van der Waals surface area contributed by atoms with Crippen LogP contribution >= 0.6 is 11.6 Å². The van der Waals surface area contributed by atoms with Gasteiger partial charge in [0.1, 0.15) is 6.04 Å². The highest BCUT2D eigenvalue weighted by atomic mass is 35.5. The second-order valence-corrected chi connectivity index (χ2v) is 8.62. The maximum absolute atomic E-state index is 13.2. The number of rotatable bonds is 9. The largest absolute Gasteiger partial charge is 0.435 e. The highest BCUT2D eigenvalue weighted by Crippen LogP contribution is 2.27. The molecule has 0 saturated heterocycles. The number of amides is 2. The van der Waals surface area contributed by atoms with E-state index in [1.165, 1.54) is 4.90 Å². The molecule has 0 radical (unpaired) electrons. The molecule has 10 heteroatoms. The third-order valence-electron chi connectivity index (χ3n) is 5.46. The molecule has 0 bridgehead atoms. The first kappa shape index (κ1) is 27.0. The lowest BCUT2D eigenvalue weighted by Crippen LogP contribution is -2.48. The molecule has 0 spiro atoms. The standard InChI is InChI=1S/C26H26ClF3N4O2/c1-3-24(35)31-22(25(36)34(2)21-12-10-19(27)11-13-21)15-18-8-4-6-17(14-18)7-5-9-20-16-23(33-32-20)26(28,29)30/h4-8,10-14,16,22H,3,9,15H2,1-2H3,(H,31,35)(H,32,33)/b7-5+/t22-/m0/s1. The first-order valence-electron chi connectivity index (χ1n) is 11.3. The number of carbonyl (C=O) groups excluding carboxylic acids is 2. The van der Waals surface area contributed by atoms with Gasteiger partial charge in [-0.3, -0.25) is 14.7 Å². The maximum Gasteiger partial charge on any atom is 0.435 e. The van der Waals surface area contributed by atoms with Gasteiger partial charge in [0.05, 0.1) is 0 Å². The molecule has 3 rings (SSSR count). The average Bonchev–Trinajstić information content (AvgIpc) is 3.33. The van der Waals surface area contributed by atoms with Crippen molar-refractivity contribution in [1.82, 2.24) is 15.5 Å². The summed E-state index contributed by atoms with van der Waals surface area (Å²) in [5.41, 5.74) is 1.65. The van der Waals surface area contributed by atoms with Gasteiger partial charge in [-0.2, -0.15) is 18.3 Å². The number of alkyl halides is 3. The van der Waals surface area contributed by atoms with Crippen LogP contribution in [0.4, 0.5) is 18.9 Å². The smallest absolute Gasteiger partial charge is 0.344 e. The van der Waals surface area contributed by atoms with Crippen molar-refractivity contribution in [2.75, 3.05) is 11.9 Å². The number of allylic oxidation sites excluding steroid dienone is 1. The number of hydrogen-bond donors (Lipinski definition) is 2. The van der Waals surface area contributed by atoms with E-state index in [0.717, 1.165) is 17.2 Å². The van der Waals surface area contributed by atoms with Gasteiger partial charge in [-0.1, -0.05) is 54.9 Å². The summed E-state index contributed by atoms with van der Waals surface area (Å²) in [6.45, 7) is 1.71.